The number of thiocarbonyl (C=S) groups is 1. The van der Waals surface area contributed by atoms with Crippen molar-refractivity contribution < 1.29 is 9.21 Å². The van der Waals surface area contributed by atoms with Crippen LogP contribution in [0, 0.1) is 6.92 Å². The zero-order valence-corrected chi connectivity index (χ0v) is 17.8. The van der Waals surface area contributed by atoms with Crippen LogP contribution in [0.1, 0.15) is 15.9 Å². The number of amides is 1. The van der Waals surface area contributed by atoms with Crippen molar-refractivity contribution in [3.8, 4) is 11.5 Å². The van der Waals surface area contributed by atoms with E-state index in [2.05, 4.69) is 31.5 Å². The molecule has 1 amide bonds. The van der Waals surface area contributed by atoms with Gasteiger partial charge in [-0.1, -0.05) is 22.0 Å². The normalized spacial score (nSPS) is 10.7. The fraction of sp³-hybridized carbons (Fsp3) is 0.0455. The molecule has 144 valence electrons. The molecule has 0 aliphatic carbocycles. The van der Waals surface area contributed by atoms with Gasteiger partial charge >= 0.3 is 0 Å². The number of aryl methyl sites for hydroxylation is 1. The van der Waals surface area contributed by atoms with Gasteiger partial charge < -0.3 is 9.73 Å². The van der Waals surface area contributed by atoms with Crippen molar-refractivity contribution >= 4 is 56.0 Å². The van der Waals surface area contributed by atoms with Gasteiger partial charge in [0, 0.05) is 21.3 Å². The lowest BCUT2D eigenvalue weighted by Gasteiger charge is -2.10. The second-order valence-corrected chi connectivity index (χ2v) is 7.81. The molecule has 1 aromatic heterocycles. The number of oxazole rings is 1. The van der Waals surface area contributed by atoms with Gasteiger partial charge in [0.15, 0.2) is 10.7 Å². The standard InChI is InChI=1S/C22H16BrN3O2S/c1-13-2-11-18-19(12-13)28-21(25-18)15-5-9-17(10-6-15)24-22(29)26-20(27)14-3-7-16(23)8-4-14/h2-12H,1H3,(H2,24,26,27,29). The van der Waals surface area contributed by atoms with E-state index >= 15 is 0 Å². The number of carbonyl (C=O) groups is 1. The van der Waals surface area contributed by atoms with Crippen molar-refractivity contribution in [1.82, 2.24) is 10.3 Å². The van der Waals surface area contributed by atoms with Crippen molar-refractivity contribution in [1.29, 1.82) is 0 Å². The number of nitrogens with one attached hydrogen (secondary N) is 2. The zero-order valence-electron chi connectivity index (χ0n) is 15.4. The van der Waals surface area contributed by atoms with Crippen molar-refractivity contribution in [3.63, 3.8) is 0 Å². The van der Waals surface area contributed by atoms with Crippen LogP contribution in [0.2, 0.25) is 0 Å². The van der Waals surface area contributed by atoms with Gasteiger partial charge in [-0.2, -0.15) is 0 Å². The van der Waals surface area contributed by atoms with Crippen LogP contribution in [-0.4, -0.2) is 16.0 Å². The quantitative estimate of drug-likeness (QED) is 0.380. The smallest absolute Gasteiger partial charge is 0.257 e. The molecule has 1 heterocycles. The largest absolute Gasteiger partial charge is 0.436 e. The number of halogens is 1. The summed E-state index contributed by atoms with van der Waals surface area (Å²) >= 11 is 8.58. The molecule has 0 aliphatic heterocycles. The van der Waals surface area contributed by atoms with Gasteiger partial charge in [-0.25, -0.2) is 4.98 Å². The molecule has 4 rings (SSSR count). The predicted octanol–water partition coefficient (Wildman–Crippen LogP) is 5.69. The highest BCUT2D eigenvalue weighted by Gasteiger charge is 2.10. The van der Waals surface area contributed by atoms with Crippen molar-refractivity contribution in [2.75, 3.05) is 5.32 Å². The highest BCUT2D eigenvalue weighted by atomic mass is 79.9. The van der Waals surface area contributed by atoms with Gasteiger partial charge in [-0.05, 0) is 85.4 Å². The van der Waals surface area contributed by atoms with E-state index in [0.717, 1.165) is 32.4 Å². The summed E-state index contributed by atoms with van der Waals surface area (Å²) in [5, 5.41) is 5.90. The number of nitrogens with zero attached hydrogens (tertiary/aromatic N) is 1. The van der Waals surface area contributed by atoms with Gasteiger partial charge in [0.1, 0.15) is 5.52 Å². The Balaban J connectivity index is 1.42. The Labute approximate surface area is 181 Å². The lowest BCUT2D eigenvalue weighted by Crippen LogP contribution is -2.34. The Morgan fingerprint density at radius 1 is 1.03 bits per heavy atom. The molecule has 0 aliphatic rings. The topological polar surface area (TPSA) is 67.2 Å². The summed E-state index contributed by atoms with van der Waals surface area (Å²) < 4.78 is 6.75. The molecule has 0 radical (unpaired) electrons. The van der Waals surface area contributed by atoms with E-state index in [4.69, 9.17) is 16.6 Å². The summed E-state index contributed by atoms with van der Waals surface area (Å²) in [6.07, 6.45) is 0. The number of hydrogen-bond donors (Lipinski definition) is 2. The monoisotopic (exact) mass is 465 g/mol. The third kappa shape index (κ3) is 4.52. The van der Waals surface area contributed by atoms with E-state index in [9.17, 15) is 4.79 Å². The fourth-order valence-corrected chi connectivity index (χ4v) is 3.27. The molecule has 0 unspecified atom stereocenters. The molecule has 0 bridgehead atoms. The molecule has 3 aromatic carbocycles. The maximum Gasteiger partial charge on any atom is 0.257 e. The minimum absolute atomic E-state index is 0.225. The molecule has 0 spiro atoms. The molecular formula is C22H16BrN3O2S. The van der Waals surface area contributed by atoms with Crippen LogP contribution in [0.5, 0.6) is 0 Å². The molecule has 7 heteroatoms. The van der Waals surface area contributed by atoms with Crippen molar-refractivity contribution in [2.24, 2.45) is 0 Å². The first-order chi connectivity index (χ1) is 14.0. The van der Waals surface area contributed by atoms with Crippen LogP contribution in [0.3, 0.4) is 0 Å². The zero-order chi connectivity index (χ0) is 20.4. The molecular weight excluding hydrogens is 450 g/mol. The molecule has 4 aromatic rings. The number of aromatic nitrogens is 1. The molecule has 5 nitrogen and oxygen atoms in total. The second-order valence-electron chi connectivity index (χ2n) is 6.48. The maximum absolute atomic E-state index is 12.2. The minimum atomic E-state index is -0.270. The molecule has 0 saturated carbocycles. The van der Waals surface area contributed by atoms with Crippen LogP contribution in [-0.2, 0) is 0 Å². The molecule has 2 N–H and O–H groups in total. The Morgan fingerprint density at radius 2 is 1.76 bits per heavy atom. The Bertz CT molecular complexity index is 1200. The van der Waals surface area contributed by atoms with Gasteiger partial charge in [-0.15, -0.1) is 0 Å². The predicted molar refractivity (Wildman–Crippen MR) is 122 cm³/mol. The van der Waals surface area contributed by atoms with Crippen LogP contribution < -0.4 is 10.6 Å². The van der Waals surface area contributed by atoms with Gasteiger partial charge in [0.25, 0.3) is 5.91 Å². The number of hydrogen-bond acceptors (Lipinski definition) is 4. The lowest BCUT2D eigenvalue weighted by atomic mass is 10.2. The maximum atomic E-state index is 12.2. The van der Waals surface area contributed by atoms with Gasteiger partial charge in [0.05, 0.1) is 0 Å². The third-order valence-corrected chi connectivity index (χ3v) is 5.00. The van der Waals surface area contributed by atoms with E-state index in [1.54, 1.807) is 24.3 Å². The highest BCUT2D eigenvalue weighted by molar-refractivity contribution is 9.10. The van der Waals surface area contributed by atoms with Crippen molar-refractivity contribution in [3.05, 3.63) is 82.3 Å². The Hall–Kier alpha value is -3.03. The number of carbonyl (C=O) groups excluding carboxylic acids is 1. The van der Waals surface area contributed by atoms with Crippen molar-refractivity contribution in [2.45, 2.75) is 6.92 Å². The second kappa shape index (κ2) is 8.14. The summed E-state index contributed by atoms with van der Waals surface area (Å²) in [7, 11) is 0. The van der Waals surface area contributed by atoms with E-state index in [1.165, 1.54) is 0 Å². The first-order valence-electron chi connectivity index (χ1n) is 8.83. The Morgan fingerprint density at radius 3 is 2.48 bits per heavy atom. The van der Waals surface area contributed by atoms with Crippen LogP contribution in [0.15, 0.2) is 75.6 Å². The number of rotatable bonds is 3. The van der Waals surface area contributed by atoms with E-state index < -0.39 is 0 Å². The van der Waals surface area contributed by atoms with Crippen LogP contribution in [0.25, 0.3) is 22.6 Å². The summed E-state index contributed by atoms with van der Waals surface area (Å²) in [4.78, 5) is 16.8. The van der Waals surface area contributed by atoms with E-state index in [-0.39, 0.29) is 11.0 Å². The average Bonchev–Trinajstić information content (AvgIpc) is 3.12. The summed E-state index contributed by atoms with van der Waals surface area (Å²) in [6.45, 7) is 2.01. The van der Waals surface area contributed by atoms with E-state index in [1.807, 2.05) is 49.4 Å². The summed E-state index contributed by atoms with van der Waals surface area (Å²) in [5.41, 5.74) is 4.84. The molecule has 0 atom stereocenters. The average molecular weight is 466 g/mol. The Kier molecular flexibility index (Phi) is 5.42. The summed E-state index contributed by atoms with van der Waals surface area (Å²) in [5.74, 6) is 0.289. The molecule has 29 heavy (non-hydrogen) atoms. The summed E-state index contributed by atoms with van der Waals surface area (Å²) in [6, 6.07) is 20.4. The van der Waals surface area contributed by atoms with E-state index in [0.29, 0.717) is 11.5 Å². The van der Waals surface area contributed by atoms with Crippen LogP contribution in [0.4, 0.5) is 5.69 Å². The number of anilines is 1. The minimum Gasteiger partial charge on any atom is -0.436 e. The lowest BCUT2D eigenvalue weighted by molar-refractivity contribution is 0.0977. The third-order valence-electron chi connectivity index (χ3n) is 4.27. The number of benzene rings is 3. The SMILES string of the molecule is Cc1ccc2nc(-c3ccc(NC(=S)NC(=O)c4ccc(Br)cc4)cc3)oc2c1. The van der Waals surface area contributed by atoms with Crippen LogP contribution >= 0.6 is 28.1 Å². The first kappa shape index (κ1) is 19.3. The number of fused-ring (bicyclic) bond motifs is 1. The molecule has 0 fully saturated rings. The molecule has 0 saturated heterocycles. The van der Waals surface area contributed by atoms with Gasteiger partial charge in [0.2, 0.25) is 5.89 Å². The van der Waals surface area contributed by atoms with Gasteiger partial charge in [-0.3, -0.25) is 10.1 Å². The fourth-order valence-electron chi connectivity index (χ4n) is 2.79. The highest BCUT2D eigenvalue weighted by Crippen LogP contribution is 2.26. The first-order valence-corrected chi connectivity index (χ1v) is 10.0.